The lowest BCUT2D eigenvalue weighted by Gasteiger charge is -2.40. The second-order valence-electron chi connectivity index (χ2n) is 13.6. The first-order chi connectivity index (χ1) is 26.9. The third-order valence-electron chi connectivity index (χ3n) is 9.63. The Morgan fingerprint density at radius 2 is 1.59 bits per heavy atom. The number of nitrogens with zero attached hydrogens (tertiary/aromatic N) is 6. The smallest absolute Gasteiger partial charge is 0.409 e. The number of unbranched alkanes of at least 4 members (excludes halogenated alkanes) is 1. The number of anilines is 1. The zero-order chi connectivity index (χ0) is 40.2. The highest BCUT2D eigenvalue weighted by atomic mass is 31.2. The van der Waals surface area contributed by atoms with Gasteiger partial charge in [-0.15, -0.1) is 0 Å². The number of hydrogen-bond acceptors (Lipinski definition) is 12. The molecule has 16 nitrogen and oxygen atoms in total. The van der Waals surface area contributed by atoms with Crippen LogP contribution in [0.1, 0.15) is 50.5 Å². The van der Waals surface area contributed by atoms with E-state index < -0.39 is 49.7 Å². The van der Waals surface area contributed by atoms with Crippen molar-refractivity contribution in [3.05, 3.63) is 72.4 Å². The van der Waals surface area contributed by atoms with Gasteiger partial charge in [-0.1, -0.05) is 61.9 Å². The van der Waals surface area contributed by atoms with Gasteiger partial charge >= 0.3 is 19.7 Å². The maximum absolute atomic E-state index is 15.0. The summed E-state index contributed by atoms with van der Waals surface area (Å²) >= 11 is 0. The monoisotopic (exact) mass is 794 g/mol. The predicted octanol–water partition coefficient (Wildman–Crippen LogP) is 4.48. The molecule has 2 unspecified atom stereocenters. The van der Waals surface area contributed by atoms with Crippen molar-refractivity contribution in [2.24, 2.45) is 0 Å². The number of ether oxygens (including phenoxy) is 3. The molecule has 0 spiro atoms. The van der Waals surface area contributed by atoms with Crippen LogP contribution in [0, 0.1) is 0 Å². The van der Waals surface area contributed by atoms with E-state index in [0.29, 0.717) is 30.9 Å². The van der Waals surface area contributed by atoms with E-state index in [1.165, 1.54) is 34.9 Å². The molecule has 2 aliphatic heterocycles. The number of esters is 1. The highest BCUT2D eigenvalue weighted by Gasteiger charge is 2.45. The van der Waals surface area contributed by atoms with Gasteiger partial charge in [0.2, 0.25) is 5.91 Å². The molecule has 0 radical (unpaired) electrons. The molecular weight excluding hydrogens is 743 g/mol. The molecule has 0 bridgehead atoms. The number of aromatic nitrogens is 2. The quantitative estimate of drug-likeness (QED) is 0.122. The molecule has 2 saturated heterocycles. The lowest BCUT2D eigenvalue weighted by Crippen LogP contribution is -2.60. The fourth-order valence-corrected chi connectivity index (χ4v) is 7.84. The molecule has 1 aromatic heterocycles. The van der Waals surface area contributed by atoms with E-state index in [4.69, 9.17) is 23.7 Å². The van der Waals surface area contributed by atoms with Crippen molar-refractivity contribution >= 4 is 37.3 Å². The van der Waals surface area contributed by atoms with Crippen LogP contribution in [0.4, 0.5) is 10.6 Å². The van der Waals surface area contributed by atoms with Gasteiger partial charge in [0.05, 0.1) is 25.5 Å². The van der Waals surface area contributed by atoms with Gasteiger partial charge in [-0.2, -0.15) is 0 Å². The van der Waals surface area contributed by atoms with Crippen LogP contribution < -0.4 is 9.42 Å². The van der Waals surface area contributed by atoms with E-state index in [1.54, 1.807) is 44.4 Å². The number of methoxy groups -OCH3 is 1. The lowest BCUT2D eigenvalue weighted by atomic mass is 10.1. The minimum atomic E-state index is -4.72. The number of rotatable bonds is 16. The summed E-state index contributed by atoms with van der Waals surface area (Å²) in [5.41, 5.74) is 0.464. The Kier molecular flexibility index (Phi) is 14.8. The predicted molar refractivity (Wildman–Crippen MR) is 207 cm³/mol. The van der Waals surface area contributed by atoms with E-state index in [9.17, 15) is 23.8 Å². The molecule has 4 atom stereocenters. The molecule has 2 fully saturated rings. The van der Waals surface area contributed by atoms with Gasteiger partial charge in [0.1, 0.15) is 29.3 Å². The summed E-state index contributed by atoms with van der Waals surface area (Å²) in [6.07, 6.45) is 0.857. The van der Waals surface area contributed by atoms with E-state index in [0.717, 1.165) is 17.7 Å². The van der Waals surface area contributed by atoms with Crippen molar-refractivity contribution in [3.8, 4) is 17.1 Å². The molecule has 5 rings (SSSR count). The first-order valence-electron chi connectivity index (χ1n) is 18.9. The van der Waals surface area contributed by atoms with E-state index in [2.05, 4.69) is 4.98 Å². The largest absolute Gasteiger partial charge is 0.464 e. The number of amides is 3. The number of para-hydroxylation sites is 1. The van der Waals surface area contributed by atoms with E-state index >= 15 is 4.79 Å². The normalized spacial score (nSPS) is 17.7. The Balaban J connectivity index is 1.56. The van der Waals surface area contributed by atoms with Crippen LogP contribution in [0.5, 0.6) is 5.75 Å². The van der Waals surface area contributed by atoms with Crippen LogP contribution in [-0.2, 0) is 28.4 Å². The minimum Gasteiger partial charge on any atom is -0.464 e. The molecule has 3 heterocycles. The van der Waals surface area contributed by atoms with Gasteiger partial charge in [-0.05, 0) is 38.8 Å². The molecule has 1 N–H and O–H groups in total. The van der Waals surface area contributed by atoms with Crippen molar-refractivity contribution in [2.75, 3.05) is 70.7 Å². The van der Waals surface area contributed by atoms with Gasteiger partial charge in [0.15, 0.2) is 5.82 Å². The summed E-state index contributed by atoms with van der Waals surface area (Å²) in [5.74, 6) is -1.71. The highest BCUT2D eigenvalue weighted by molar-refractivity contribution is 7.53. The molecule has 302 valence electrons. The maximum atomic E-state index is 15.0. The molecule has 0 saturated carbocycles. The van der Waals surface area contributed by atoms with Gasteiger partial charge in [0, 0.05) is 58.0 Å². The Morgan fingerprint density at radius 3 is 2.21 bits per heavy atom. The average Bonchev–Trinajstić information content (AvgIpc) is 3.70. The van der Waals surface area contributed by atoms with Crippen molar-refractivity contribution in [3.63, 3.8) is 0 Å². The topological polar surface area (TPSA) is 181 Å². The molecule has 3 aromatic rings. The number of carbonyl (C=O) groups excluding carboxylic acids is 4. The van der Waals surface area contributed by atoms with Crippen LogP contribution in [0.2, 0.25) is 0 Å². The molecule has 56 heavy (non-hydrogen) atoms. The first-order valence-corrected chi connectivity index (χ1v) is 20.7. The van der Waals surface area contributed by atoms with E-state index in [-0.39, 0.29) is 62.8 Å². The molecule has 3 amide bonds. The summed E-state index contributed by atoms with van der Waals surface area (Å²) in [4.78, 5) is 82.6. The number of hydrogen-bond donors (Lipinski definition) is 1. The molecule has 17 heteroatoms. The van der Waals surface area contributed by atoms with Crippen LogP contribution in [0.25, 0.3) is 11.4 Å². The Morgan fingerprint density at radius 1 is 0.929 bits per heavy atom. The summed E-state index contributed by atoms with van der Waals surface area (Å²) < 4.78 is 35.8. The van der Waals surface area contributed by atoms with Gasteiger partial charge in [-0.25, -0.2) is 24.1 Å². The molecular formula is C39H51N6O10P. The second-order valence-corrected chi connectivity index (χ2v) is 15.4. The zero-order valence-corrected chi connectivity index (χ0v) is 33.2. The Hall–Kier alpha value is -5.05. The van der Waals surface area contributed by atoms with Crippen LogP contribution in [-0.4, -0.2) is 137 Å². The molecule has 0 aliphatic carbocycles. The first kappa shape index (κ1) is 42.1. The van der Waals surface area contributed by atoms with Crippen molar-refractivity contribution in [2.45, 2.75) is 58.2 Å². The van der Waals surface area contributed by atoms with Crippen LogP contribution >= 0.6 is 7.60 Å². The average molecular weight is 795 g/mol. The number of piperazine rings is 1. The molecule has 2 aromatic carbocycles. The Bertz CT molecular complexity index is 1850. The van der Waals surface area contributed by atoms with Crippen LogP contribution in [0.3, 0.4) is 0 Å². The SMILES string of the molecule is CCCCOC(=O)N1CCN(C(=O)[C@H](CP(=O)(O)Oc2ccccc2)N(C(=O)c2cc(N3CC[C@H](OC)C3)nc(-c3ccccc3)n2)C(C)C(=O)OCC)CC1. The zero-order valence-electron chi connectivity index (χ0n) is 32.3. The minimum absolute atomic E-state index is 0.0266. The Labute approximate surface area is 327 Å². The summed E-state index contributed by atoms with van der Waals surface area (Å²) in [5, 5.41) is 0. The highest BCUT2D eigenvalue weighted by Crippen LogP contribution is 2.44. The van der Waals surface area contributed by atoms with Crippen molar-refractivity contribution < 1.29 is 47.4 Å². The lowest BCUT2D eigenvalue weighted by molar-refractivity contribution is -0.150. The van der Waals surface area contributed by atoms with Crippen molar-refractivity contribution in [1.82, 2.24) is 24.7 Å². The number of benzene rings is 2. The number of carbonyl (C=O) groups is 4. The maximum Gasteiger partial charge on any atom is 0.409 e. The van der Waals surface area contributed by atoms with Gasteiger partial charge in [0.25, 0.3) is 5.91 Å². The molecule has 2 aliphatic rings. The standard InChI is InChI=1S/C39H51N6O10P/c1-5-7-24-54-39(49)43-22-20-42(21-23-43)37(47)33(27-56(50,51)55-30-16-12-9-13-17-30)45(28(3)38(48)53-6-2)36(46)32-25-34(44-19-18-31(26-44)52-4)41-35(40-32)29-14-10-8-11-15-29/h8-17,25,28,31,33H,5-7,18-24,26-27H2,1-4H3,(H,50,51)/t28?,31-,33-/m0/s1. The van der Waals surface area contributed by atoms with E-state index in [1.807, 2.05) is 30.0 Å². The third-order valence-corrected chi connectivity index (χ3v) is 10.9. The fraction of sp³-hybridized carbons (Fsp3) is 0.487. The summed E-state index contributed by atoms with van der Waals surface area (Å²) in [6.45, 7) is 6.63. The second kappa shape index (κ2) is 19.7. The third kappa shape index (κ3) is 10.8. The fourth-order valence-electron chi connectivity index (χ4n) is 6.55. The van der Waals surface area contributed by atoms with Crippen LogP contribution in [0.15, 0.2) is 66.7 Å². The van der Waals surface area contributed by atoms with Gasteiger partial charge in [-0.3, -0.25) is 9.59 Å². The van der Waals surface area contributed by atoms with Gasteiger partial charge < -0.3 is 43.2 Å². The summed E-state index contributed by atoms with van der Waals surface area (Å²) in [7, 11) is -3.09. The summed E-state index contributed by atoms with van der Waals surface area (Å²) in [6, 6.07) is 15.3. The van der Waals surface area contributed by atoms with Crippen molar-refractivity contribution in [1.29, 1.82) is 0 Å².